The fourth-order valence-corrected chi connectivity index (χ4v) is 6.64. The minimum Gasteiger partial charge on any atom is -0.390 e. The molecular weight excluding hydrogens is 398 g/mol. The van der Waals surface area contributed by atoms with Gasteiger partial charge in [0.25, 0.3) is 0 Å². The molecule has 1 aromatic carbocycles. The van der Waals surface area contributed by atoms with E-state index in [9.17, 15) is 10.4 Å². The molecule has 3 saturated carbocycles. The van der Waals surface area contributed by atoms with Crippen LogP contribution in [-0.4, -0.2) is 38.1 Å². The lowest BCUT2D eigenvalue weighted by Crippen LogP contribution is -2.50. The van der Waals surface area contributed by atoms with Crippen LogP contribution < -0.4 is 4.90 Å². The van der Waals surface area contributed by atoms with E-state index in [4.69, 9.17) is 0 Å². The molecule has 5 aliphatic rings. The molecule has 1 spiro atoms. The number of pyridine rings is 1. The molecule has 1 atom stereocenters. The quantitative estimate of drug-likeness (QED) is 0.681. The maximum atomic E-state index is 10.7. The maximum Gasteiger partial charge on any atom is 0.130 e. The van der Waals surface area contributed by atoms with Crippen molar-refractivity contribution in [3.63, 3.8) is 0 Å². The molecule has 6 nitrogen and oxygen atoms in total. The average Bonchev–Trinajstić information content (AvgIpc) is 3.44. The van der Waals surface area contributed by atoms with Gasteiger partial charge in [0, 0.05) is 35.7 Å². The maximum absolute atomic E-state index is 10.7. The van der Waals surface area contributed by atoms with Gasteiger partial charge in [0.15, 0.2) is 0 Å². The highest BCUT2D eigenvalue weighted by molar-refractivity contribution is 5.82. The first-order chi connectivity index (χ1) is 15.3. The Morgan fingerprint density at radius 3 is 2.66 bits per heavy atom. The molecule has 1 N–H and O–H groups in total. The number of aromatic nitrogens is 3. The van der Waals surface area contributed by atoms with Crippen LogP contribution in [0.15, 0.2) is 42.7 Å². The molecule has 3 aromatic rings. The Morgan fingerprint density at radius 2 is 2.00 bits per heavy atom. The van der Waals surface area contributed by atoms with Crippen LogP contribution in [0.2, 0.25) is 0 Å². The van der Waals surface area contributed by atoms with Gasteiger partial charge in [0.2, 0.25) is 0 Å². The molecule has 0 radical (unpaired) electrons. The van der Waals surface area contributed by atoms with E-state index in [-0.39, 0.29) is 16.2 Å². The van der Waals surface area contributed by atoms with Gasteiger partial charge >= 0.3 is 0 Å². The largest absolute Gasteiger partial charge is 0.390 e. The molecule has 0 amide bonds. The first kappa shape index (κ1) is 18.6. The number of nitrogens with zero attached hydrogens (tertiary/aromatic N) is 5. The van der Waals surface area contributed by atoms with Crippen molar-refractivity contribution in [3.8, 4) is 11.8 Å². The first-order valence-electron chi connectivity index (χ1n) is 11.6. The normalized spacial score (nSPS) is 31.6. The van der Waals surface area contributed by atoms with Crippen molar-refractivity contribution in [2.45, 2.75) is 63.0 Å². The standard InChI is InChI=1S/C26H27N5O/c1-23(2,32)25-11-20(12-25)30(16-25)22-10-19(5-8-28-22)31-21-9-18(4-3-17(21)13-29-31)26(15-27)14-24(26)6-7-24/h3-5,8-10,13,20,32H,6-7,11-12,14,16H2,1-2H3/t20?,25?,26-/m1/s1. The van der Waals surface area contributed by atoms with Gasteiger partial charge in [-0.05, 0) is 69.1 Å². The number of benzene rings is 1. The Hall–Kier alpha value is -2.91. The van der Waals surface area contributed by atoms with E-state index in [0.29, 0.717) is 6.04 Å². The molecule has 2 saturated heterocycles. The zero-order chi connectivity index (χ0) is 21.9. The number of fused-ring (bicyclic) bond motifs is 2. The Labute approximate surface area is 187 Å². The summed E-state index contributed by atoms with van der Waals surface area (Å²) in [5.74, 6) is 0.948. The number of rotatable bonds is 4. The van der Waals surface area contributed by atoms with E-state index in [1.165, 1.54) is 12.8 Å². The van der Waals surface area contributed by atoms with Crippen LogP contribution in [0, 0.1) is 22.2 Å². The van der Waals surface area contributed by atoms with Crippen molar-refractivity contribution in [2.24, 2.45) is 10.8 Å². The van der Waals surface area contributed by atoms with E-state index >= 15 is 0 Å². The van der Waals surface area contributed by atoms with Gasteiger partial charge in [-0.1, -0.05) is 12.1 Å². The smallest absolute Gasteiger partial charge is 0.130 e. The highest BCUT2D eigenvalue weighted by Crippen LogP contribution is 2.78. The van der Waals surface area contributed by atoms with Gasteiger partial charge in [-0.15, -0.1) is 0 Å². The van der Waals surface area contributed by atoms with E-state index < -0.39 is 5.60 Å². The van der Waals surface area contributed by atoms with Crippen molar-refractivity contribution in [1.82, 2.24) is 14.8 Å². The van der Waals surface area contributed by atoms with Crippen LogP contribution in [0.4, 0.5) is 5.82 Å². The number of anilines is 1. The van der Waals surface area contributed by atoms with Crippen LogP contribution in [0.1, 0.15) is 51.5 Å². The number of nitriles is 1. The summed E-state index contributed by atoms with van der Waals surface area (Å²) in [6, 6.07) is 13.6. The lowest BCUT2D eigenvalue weighted by molar-refractivity contribution is -0.0754. The molecule has 0 unspecified atom stereocenters. The van der Waals surface area contributed by atoms with Gasteiger partial charge in [-0.25, -0.2) is 9.67 Å². The topological polar surface area (TPSA) is 78.0 Å². The van der Waals surface area contributed by atoms with Gasteiger partial charge in [-0.2, -0.15) is 10.4 Å². The van der Waals surface area contributed by atoms with Gasteiger partial charge in [0.1, 0.15) is 5.82 Å². The van der Waals surface area contributed by atoms with Crippen LogP contribution >= 0.6 is 0 Å². The monoisotopic (exact) mass is 425 g/mol. The Kier molecular flexibility index (Phi) is 3.22. The van der Waals surface area contributed by atoms with Gasteiger partial charge in [0.05, 0.1) is 34.5 Å². The van der Waals surface area contributed by atoms with Crippen LogP contribution in [0.3, 0.4) is 0 Å². The SMILES string of the molecule is CC(C)(O)C12CC(C1)N(c1cc(-n3ncc4ccc([C@]5(C#N)CC56CC6)cc43)ccn1)C2. The molecule has 2 bridgehead atoms. The molecule has 6 heteroatoms. The Morgan fingerprint density at radius 1 is 1.19 bits per heavy atom. The van der Waals surface area contributed by atoms with E-state index in [0.717, 1.165) is 53.8 Å². The lowest BCUT2D eigenvalue weighted by atomic mass is 9.61. The Bertz CT molecular complexity index is 1320. The van der Waals surface area contributed by atoms with Gasteiger partial charge < -0.3 is 10.0 Å². The molecule has 2 aromatic heterocycles. The number of hydrogen-bond donors (Lipinski definition) is 1. The summed E-state index contributed by atoms with van der Waals surface area (Å²) < 4.78 is 1.98. The van der Waals surface area contributed by atoms with Crippen LogP contribution in [0.25, 0.3) is 16.6 Å². The minimum absolute atomic E-state index is 0.0305. The summed E-state index contributed by atoms with van der Waals surface area (Å²) in [5.41, 5.74) is 2.38. The van der Waals surface area contributed by atoms with Crippen molar-refractivity contribution in [2.75, 3.05) is 11.4 Å². The summed E-state index contributed by atoms with van der Waals surface area (Å²) in [5, 5.41) is 26.4. The van der Waals surface area contributed by atoms with Crippen LogP contribution in [0.5, 0.6) is 0 Å². The third-order valence-electron chi connectivity index (χ3n) is 9.22. The van der Waals surface area contributed by atoms with Crippen LogP contribution in [-0.2, 0) is 5.41 Å². The summed E-state index contributed by atoms with van der Waals surface area (Å²) in [7, 11) is 0. The second kappa shape index (κ2) is 5.52. The number of aliphatic hydroxyl groups is 1. The third kappa shape index (κ3) is 2.17. The molecule has 162 valence electrons. The highest BCUT2D eigenvalue weighted by atomic mass is 16.3. The molecule has 2 aliphatic heterocycles. The second-order valence-electron chi connectivity index (χ2n) is 11.2. The van der Waals surface area contributed by atoms with E-state index in [1.54, 1.807) is 0 Å². The molecule has 4 heterocycles. The summed E-state index contributed by atoms with van der Waals surface area (Å²) in [6.07, 6.45) is 9.14. The zero-order valence-corrected chi connectivity index (χ0v) is 18.5. The van der Waals surface area contributed by atoms with Gasteiger partial charge in [-0.3, -0.25) is 0 Å². The number of hydrogen-bond acceptors (Lipinski definition) is 5. The molecule has 3 aliphatic carbocycles. The molecular formula is C26H27N5O. The Balaban J connectivity index is 1.26. The summed E-state index contributed by atoms with van der Waals surface area (Å²) in [4.78, 5) is 7.02. The lowest BCUT2D eigenvalue weighted by Gasteiger charge is -2.45. The summed E-state index contributed by atoms with van der Waals surface area (Å²) >= 11 is 0. The fourth-order valence-electron chi connectivity index (χ4n) is 6.64. The van der Waals surface area contributed by atoms with E-state index in [1.807, 2.05) is 37.0 Å². The minimum atomic E-state index is -0.678. The first-order valence-corrected chi connectivity index (χ1v) is 11.6. The molecule has 8 rings (SSSR count). The van der Waals surface area contributed by atoms with Crippen molar-refractivity contribution < 1.29 is 5.11 Å². The highest BCUT2D eigenvalue weighted by Gasteiger charge is 2.75. The van der Waals surface area contributed by atoms with Crippen molar-refractivity contribution >= 4 is 16.7 Å². The summed E-state index contributed by atoms with van der Waals surface area (Å²) in [6.45, 7) is 4.71. The average molecular weight is 426 g/mol. The van der Waals surface area contributed by atoms with Crippen molar-refractivity contribution in [1.29, 1.82) is 5.26 Å². The molecule has 32 heavy (non-hydrogen) atoms. The predicted molar refractivity (Wildman–Crippen MR) is 122 cm³/mol. The van der Waals surface area contributed by atoms with Crippen molar-refractivity contribution in [3.05, 3.63) is 48.3 Å². The predicted octanol–water partition coefficient (Wildman–Crippen LogP) is 4.11. The second-order valence-corrected chi connectivity index (χ2v) is 11.2. The zero-order valence-electron chi connectivity index (χ0n) is 18.5. The van der Waals surface area contributed by atoms with E-state index in [2.05, 4.69) is 45.3 Å². The third-order valence-corrected chi connectivity index (χ3v) is 9.22. The fraction of sp³-hybridized carbons (Fsp3) is 0.500. The molecule has 5 fully saturated rings.